The van der Waals surface area contributed by atoms with Gasteiger partial charge in [-0.1, -0.05) is 34.1 Å². The first-order chi connectivity index (χ1) is 8.99. The van der Waals surface area contributed by atoms with Crippen LogP contribution in [-0.4, -0.2) is 5.11 Å². The molecule has 0 amide bonds. The minimum absolute atomic E-state index is 0.269. The van der Waals surface area contributed by atoms with Gasteiger partial charge in [0, 0.05) is 14.5 Å². The van der Waals surface area contributed by atoms with Gasteiger partial charge in [-0.3, -0.25) is 0 Å². The van der Waals surface area contributed by atoms with Crippen LogP contribution < -0.4 is 0 Å². The Morgan fingerprint density at radius 1 is 1.32 bits per heavy atom. The largest absolute Gasteiger partial charge is 0.388 e. The lowest BCUT2D eigenvalue weighted by atomic mass is 10.00. The molecule has 0 spiro atoms. The molecule has 0 heterocycles. The monoisotopic (exact) mass is 434 g/mol. The molecule has 4 heteroatoms. The zero-order valence-electron chi connectivity index (χ0n) is 10.3. The van der Waals surface area contributed by atoms with E-state index in [1.165, 1.54) is 6.07 Å². The smallest absolute Gasteiger partial charge is 0.126 e. The van der Waals surface area contributed by atoms with Gasteiger partial charge in [0.15, 0.2) is 0 Å². The van der Waals surface area contributed by atoms with Gasteiger partial charge in [0.2, 0.25) is 0 Å². The minimum atomic E-state index is -0.699. The highest BCUT2D eigenvalue weighted by atomic mass is 127. The van der Waals surface area contributed by atoms with E-state index >= 15 is 0 Å². The van der Waals surface area contributed by atoms with Crippen molar-refractivity contribution in [2.45, 2.75) is 19.4 Å². The molecule has 1 atom stereocenters. The number of halogens is 3. The topological polar surface area (TPSA) is 20.2 Å². The minimum Gasteiger partial charge on any atom is -0.388 e. The average Bonchev–Trinajstić information content (AvgIpc) is 2.37. The molecule has 2 aromatic rings. The molecule has 2 aromatic carbocycles. The van der Waals surface area contributed by atoms with E-state index in [0.717, 1.165) is 19.2 Å². The van der Waals surface area contributed by atoms with Crippen molar-refractivity contribution in [3.8, 4) is 0 Å². The van der Waals surface area contributed by atoms with Crippen molar-refractivity contribution in [1.82, 2.24) is 0 Å². The molecule has 0 bridgehead atoms. The number of hydrogen-bond acceptors (Lipinski definition) is 1. The molecule has 0 aliphatic carbocycles. The third-order valence-electron chi connectivity index (χ3n) is 3.00. The highest BCUT2D eigenvalue weighted by Gasteiger charge is 2.15. The van der Waals surface area contributed by atoms with Gasteiger partial charge in [-0.25, -0.2) is 4.39 Å². The van der Waals surface area contributed by atoms with Crippen molar-refractivity contribution in [3.63, 3.8) is 0 Å². The van der Waals surface area contributed by atoms with Crippen LogP contribution >= 0.6 is 38.5 Å². The maximum absolute atomic E-state index is 13.7. The fourth-order valence-electron chi connectivity index (χ4n) is 1.95. The Morgan fingerprint density at radius 2 is 2.05 bits per heavy atom. The van der Waals surface area contributed by atoms with Crippen LogP contribution in [0.5, 0.6) is 0 Å². The van der Waals surface area contributed by atoms with E-state index in [-0.39, 0.29) is 12.2 Å². The number of aliphatic hydroxyl groups excluding tert-OH is 1. The third kappa shape index (κ3) is 3.55. The number of aryl methyl sites for hydroxylation is 1. The first-order valence-electron chi connectivity index (χ1n) is 5.86. The van der Waals surface area contributed by atoms with Gasteiger partial charge in [0.1, 0.15) is 5.82 Å². The third-order valence-corrected chi connectivity index (χ3v) is 4.97. The standard InChI is InChI=1S/C15H13BrFIO/c1-9-3-2-4-12(15(9)18)14(19)8-10-7-11(16)5-6-13(10)17/h2-7,14,19H,8H2,1H3. The Morgan fingerprint density at radius 3 is 2.79 bits per heavy atom. The van der Waals surface area contributed by atoms with Crippen LogP contribution in [0.25, 0.3) is 0 Å². The Kier molecular flexibility index (Phi) is 4.97. The normalized spacial score (nSPS) is 12.5. The van der Waals surface area contributed by atoms with Crippen LogP contribution in [0.2, 0.25) is 0 Å². The van der Waals surface area contributed by atoms with E-state index in [4.69, 9.17) is 0 Å². The number of benzene rings is 2. The van der Waals surface area contributed by atoms with E-state index < -0.39 is 6.10 Å². The van der Waals surface area contributed by atoms with Crippen LogP contribution in [-0.2, 0) is 6.42 Å². The van der Waals surface area contributed by atoms with Gasteiger partial charge >= 0.3 is 0 Å². The summed E-state index contributed by atoms with van der Waals surface area (Å²) in [4.78, 5) is 0. The predicted octanol–water partition coefficient (Wildman–Crippen LogP) is 4.78. The molecule has 0 radical (unpaired) electrons. The van der Waals surface area contributed by atoms with Crippen molar-refractivity contribution in [3.05, 3.63) is 66.9 Å². The molecule has 0 aliphatic rings. The van der Waals surface area contributed by atoms with Crippen molar-refractivity contribution in [2.75, 3.05) is 0 Å². The number of rotatable bonds is 3. The highest BCUT2D eigenvalue weighted by Crippen LogP contribution is 2.27. The van der Waals surface area contributed by atoms with Crippen molar-refractivity contribution < 1.29 is 9.50 Å². The zero-order chi connectivity index (χ0) is 14.0. The van der Waals surface area contributed by atoms with Gasteiger partial charge < -0.3 is 5.11 Å². The summed E-state index contributed by atoms with van der Waals surface area (Å²) in [7, 11) is 0. The van der Waals surface area contributed by atoms with Crippen LogP contribution in [0.1, 0.15) is 22.8 Å². The van der Waals surface area contributed by atoms with Crippen molar-refractivity contribution in [1.29, 1.82) is 0 Å². The first-order valence-corrected chi connectivity index (χ1v) is 7.73. The Labute approximate surface area is 134 Å². The molecule has 0 aromatic heterocycles. The molecule has 0 fully saturated rings. The molecule has 0 saturated heterocycles. The Hall–Kier alpha value is -0.460. The van der Waals surface area contributed by atoms with E-state index in [9.17, 15) is 9.50 Å². The summed E-state index contributed by atoms with van der Waals surface area (Å²) in [6.07, 6.45) is -0.430. The molecule has 2 rings (SSSR count). The average molecular weight is 435 g/mol. The second-order valence-electron chi connectivity index (χ2n) is 4.43. The van der Waals surface area contributed by atoms with Crippen molar-refractivity contribution in [2.24, 2.45) is 0 Å². The zero-order valence-corrected chi connectivity index (χ0v) is 14.1. The summed E-state index contributed by atoms with van der Waals surface area (Å²) in [5.41, 5.74) is 2.48. The molecule has 1 unspecified atom stereocenters. The fraction of sp³-hybridized carbons (Fsp3) is 0.200. The van der Waals surface area contributed by atoms with Gasteiger partial charge in [0.05, 0.1) is 6.10 Å². The highest BCUT2D eigenvalue weighted by molar-refractivity contribution is 14.1. The molecule has 1 nitrogen and oxygen atoms in total. The predicted molar refractivity (Wildman–Crippen MR) is 86.7 cm³/mol. The molecular formula is C15H13BrFIO. The maximum Gasteiger partial charge on any atom is 0.126 e. The quantitative estimate of drug-likeness (QED) is 0.689. The van der Waals surface area contributed by atoms with Crippen molar-refractivity contribution >= 4 is 38.5 Å². The Balaban J connectivity index is 2.28. The van der Waals surface area contributed by atoms with E-state index in [1.54, 1.807) is 12.1 Å². The summed E-state index contributed by atoms with van der Waals surface area (Å²) in [6.45, 7) is 2.00. The second-order valence-corrected chi connectivity index (χ2v) is 6.43. The van der Waals surface area contributed by atoms with Gasteiger partial charge in [-0.2, -0.15) is 0 Å². The van der Waals surface area contributed by atoms with Gasteiger partial charge in [-0.05, 0) is 64.4 Å². The SMILES string of the molecule is Cc1cccc(C(O)Cc2cc(Br)ccc2F)c1I. The van der Waals surface area contributed by atoms with Crippen LogP contribution in [0.3, 0.4) is 0 Å². The molecule has 0 aliphatic heterocycles. The second kappa shape index (κ2) is 6.33. The molecule has 100 valence electrons. The lowest BCUT2D eigenvalue weighted by molar-refractivity contribution is 0.176. The van der Waals surface area contributed by atoms with Crippen LogP contribution in [0.15, 0.2) is 40.9 Å². The number of hydrogen-bond donors (Lipinski definition) is 1. The Bertz CT molecular complexity index is 601. The lowest BCUT2D eigenvalue weighted by Gasteiger charge is -2.15. The summed E-state index contributed by atoms with van der Waals surface area (Å²) in [6, 6.07) is 10.6. The van der Waals surface area contributed by atoms with E-state index in [1.807, 2.05) is 25.1 Å². The fourth-order valence-corrected chi connectivity index (χ4v) is 3.07. The van der Waals surface area contributed by atoms with Crippen LogP contribution in [0.4, 0.5) is 4.39 Å². The molecule has 0 saturated carbocycles. The molecule has 19 heavy (non-hydrogen) atoms. The van der Waals surface area contributed by atoms with Gasteiger partial charge in [0.25, 0.3) is 0 Å². The summed E-state index contributed by atoms with van der Waals surface area (Å²) in [5, 5.41) is 10.3. The summed E-state index contributed by atoms with van der Waals surface area (Å²) >= 11 is 5.53. The lowest BCUT2D eigenvalue weighted by Crippen LogP contribution is -2.06. The molecule has 1 N–H and O–H groups in total. The summed E-state index contributed by atoms with van der Waals surface area (Å²) in [5.74, 6) is -0.287. The van der Waals surface area contributed by atoms with E-state index in [0.29, 0.717) is 5.56 Å². The van der Waals surface area contributed by atoms with Gasteiger partial charge in [-0.15, -0.1) is 0 Å². The van der Waals surface area contributed by atoms with Crippen LogP contribution in [0, 0.1) is 16.3 Å². The maximum atomic E-state index is 13.7. The number of aliphatic hydroxyl groups is 1. The first kappa shape index (κ1) is 14.9. The summed E-state index contributed by atoms with van der Waals surface area (Å²) < 4.78 is 15.5. The van der Waals surface area contributed by atoms with E-state index in [2.05, 4.69) is 38.5 Å². The molecular weight excluding hydrogens is 422 g/mol.